The van der Waals surface area contributed by atoms with Gasteiger partial charge in [-0.1, -0.05) is 18.5 Å². The van der Waals surface area contributed by atoms with Gasteiger partial charge in [-0.05, 0) is 31.4 Å². The summed E-state index contributed by atoms with van der Waals surface area (Å²) in [5.41, 5.74) is -0.173. The van der Waals surface area contributed by atoms with Crippen LogP contribution in [0, 0.1) is 17.6 Å². The first kappa shape index (κ1) is 14.2. The Hall–Kier alpha value is -1.20. The molecule has 0 radical (unpaired) electrons. The van der Waals surface area contributed by atoms with Crippen molar-refractivity contribution in [3.05, 3.63) is 28.8 Å². The van der Waals surface area contributed by atoms with Gasteiger partial charge in [0.15, 0.2) is 5.82 Å². The molecule has 0 saturated carbocycles. The zero-order chi connectivity index (χ0) is 14.0. The van der Waals surface area contributed by atoms with Gasteiger partial charge in [-0.3, -0.25) is 4.79 Å². The summed E-state index contributed by atoms with van der Waals surface area (Å²) in [6.45, 7) is 2.81. The van der Waals surface area contributed by atoms with Crippen LogP contribution < -0.4 is 10.6 Å². The number of amides is 1. The lowest BCUT2D eigenvalue weighted by Gasteiger charge is -2.27. The highest BCUT2D eigenvalue weighted by Gasteiger charge is 2.25. The summed E-state index contributed by atoms with van der Waals surface area (Å²) in [7, 11) is 0. The first-order valence-electron chi connectivity index (χ1n) is 6.16. The van der Waals surface area contributed by atoms with Crippen LogP contribution in [0.2, 0.25) is 5.02 Å². The SMILES string of the molecule is CC1CCNC(C(=O)Nc2c(F)cc(F)cc2Cl)C1. The number of hydrogen-bond donors (Lipinski definition) is 2. The van der Waals surface area contributed by atoms with Crippen LogP contribution in [0.5, 0.6) is 0 Å². The fourth-order valence-corrected chi connectivity index (χ4v) is 2.42. The van der Waals surface area contributed by atoms with Crippen molar-refractivity contribution >= 4 is 23.2 Å². The normalized spacial score (nSPS) is 23.2. The molecule has 1 aromatic rings. The highest BCUT2D eigenvalue weighted by molar-refractivity contribution is 6.33. The van der Waals surface area contributed by atoms with Crippen LogP contribution in [0.3, 0.4) is 0 Å². The molecule has 1 aliphatic heterocycles. The summed E-state index contributed by atoms with van der Waals surface area (Å²) in [5, 5.41) is 5.35. The van der Waals surface area contributed by atoms with E-state index in [1.165, 1.54) is 0 Å². The van der Waals surface area contributed by atoms with Gasteiger partial charge in [0.25, 0.3) is 0 Å². The van der Waals surface area contributed by atoms with E-state index in [0.717, 1.165) is 19.0 Å². The van der Waals surface area contributed by atoms with E-state index in [2.05, 4.69) is 17.6 Å². The molecule has 6 heteroatoms. The van der Waals surface area contributed by atoms with Gasteiger partial charge in [-0.25, -0.2) is 8.78 Å². The van der Waals surface area contributed by atoms with E-state index in [4.69, 9.17) is 11.6 Å². The van der Waals surface area contributed by atoms with Crippen LogP contribution in [0.15, 0.2) is 12.1 Å². The number of rotatable bonds is 2. The predicted octanol–water partition coefficient (Wildman–Crippen LogP) is 2.94. The Morgan fingerprint density at radius 2 is 2.21 bits per heavy atom. The van der Waals surface area contributed by atoms with Gasteiger partial charge in [0.05, 0.1) is 16.8 Å². The topological polar surface area (TPSA) is 41.1 Å². The highest BCUT2D eigenvalue weighted by atomic mass is 35.5. The number of piperidine rings is 1. The minimum absolute atomic E-state index is 0.144. The molecule has 0 aromatic heterocycles. The summed E-state index contributed by atoms with van der Waals surface area (Å²) in [6.07, 6.45) is 1.70. The maximum absolute atomic E-state index is 13.6. The molecule has 2 unspecified atom stereocenters. The summed E-state index contributed by atoms with van der Waals surface area (Å²) in [6, 6.07) is 1.29. The van der Waals surface area contributed by atoms with E-state index < -0.39 is 11.6 Å². The molecule has 0 spiro atoms. The van der Waals surface area contributed by atoms with Gasteiger partial charge in [-0.2, -0.15) is 0 Å². The van der Waals surface area contributed by atoms with Crippen molar-refractivity contribution in [2.24, 2.45) is 5.92 Å². The lowest BCUT2D eigenvalue weighted by Crippen LogP contribution is -2.45. The van der Waals surface area contributed by atoms with Crippen molar-refractivity contribution < 1.29 is 13.6 Å². The summed E-state index contributed by atoms with van der Waals surface area (Å²) >= 11 is 5.73. The molecule has 1 aromatic carbocycles. The molecule has 0 aliphatic carbocycles. The first-order chi connectivity index (χ1) is 8.97. The van der Waals surface area contributed by atoms with E-state index >= 15 is 0 Å². The fourth-order valence-electron chi connectivity index (χ4n) is 2.18. The monoisotopic (exact) mass is 288 g/mol. The Morgan fingerprint density at radius 3 is 2.84 bits per heavy atom. The van der Waals surface area contributed by atoms with Crippen LogP contribution in [0.1, 0.15) is 19.8 Å². The third-order valence-electron chi connectivity index (χ3n) is 3.24. The first-order valence-corrected chi connectivity index (χ1v) is 6.54. The average Bonchev–Trinajstić information content (AvgIpc) is 2.33. The zero-order valence-corrected chi connectivity index (χ0v) is 11.2. The second kappa shape index (κ2) is 5.84. The second-order valence-corrected chi connectivity index (χ2v) is 5.28. The predicted molar refractivity (Wildman–Crippen MR) is 70.2 cm³/mol. The van der Waals surface area contributed by atoms with Crippen molar-refractivity contribution in [2.75, 3.05) is 11.9 Å². The Bertz CT molecular complexity index is 473. The average molecular weight is 289 g/mol. The molecular weight excluding hydrogens is 274 g/mol. The van der Waals surface area contributed by atoms with Gasteiger partial charge in [0.2, 0.25) is 5.91 Å². The third-order valence-corrected chi connectivity index (χ3v) is 3.54. The minimum atomic E-state index is -0.873. The number of hydrogen-bond acceptors (Lipinski definition) is 2. The molecule has 2 N–H and O–H groups in total. The summed E-state index contributed by atoms with van der Waals surface area (Å²) < 4.78 is 26.5. The molecule has 1 heterocycles. The van der Waals surface area contributed by atoms with Crippen LogP contribution in [0.4, 0.5) is 14.5 Å². The lowest BCUT2D eigenvalue weighted by atomic mass is 9.94. The van der Waals surface area contributed by atoms with E-state index in [1.54, 1.807) is 0 Å². The molecule has 1 saturated heterocycles. The van der Waals surface area contributed by atoms with E-state index in [0.29, 0.717) is 18.4 Å². The fraction of sp³-hybridized carbons (Fsp3) is 0.462. The van der Waals surface area contributed by atoms with Crippen molar-refractivity contribution in [2.45, 2.75) is 25.8 Å². The van der Waals surface area contributed by atoms with Crippen LogP contribution in [-0.2, 0) is 4.79 Å². The van der Waals surface area contributed by atoms with E-state index in [1.807, 2.05) is 0 Å². The number of nitrogens with one attached hydrogen (secondary N) is 2. The van der Waals surface area contributed by atoms with Crippen molar-refractivity contribution in [3.63, 3.8) is 0 Å². The Morgan fingerprint density at radius 1 is 1.47 bits per heavy atom. The van der Waals surface area contributed by atoms with Gasteiger partial charge in [0.1, 0.15) is 5.82 Å². The Balaban J connectivity index is 2.10. The number of carbonyl (C=O) groups excluding carboxylic acids is 1. The van der Waals surface area contributed by atoms with Crippen LogP contribution in [0.25, 0.3) is 0 Å². The number of carbonyl (C=O) groups is 1. The van der Waals surface area contributed by atoms with Crippen LogP contribution >= 0.6 is 11.6 Å². The lowest BCUT2D eigenvalue weighted by molar-refractivity contribution is -0.119. The molecular formula is C13H15ClF2N2O. The summed E-state index contributed by atoms with van der Waals surface area (Å²) in [4.78, 5) is 12.0. The Labute approximate surface area is 115 Å². The quantitative estimate of drug-likeness (QED) is 0.878. The molecule has 1 fully saturated rings. The van der Waals surface area contributed by atoms with E-state index in [9.17, 15) is 13.6 Å². The van der Waals surface area contributed by atoms with Gasteiger partial charge in [-0.15, -0.1) is 0 Å². The maximum Gasteiger partial charge on any atom is 0.241 e. The Kier molecular flexibility index (Phi) is 4.37. The van der Waals surface area contributed by atoms with Gasteiger partial charge >= 0.3 is 0 Å². The van der Waals surface area contributed by atoms with E-state index in [-0.39, 0.29) is 22.7 Å². The molecule has 3 nitrogen and oxygen atoms in total. The number of halogens is 3. The summed E-state index contributed by atoms with van der Waals surface area (Å²) in [5.74, 6) is -1.56. The second-order valence-electron chi connectivity index (χ2n) is 4.87. The molecule has 1 amide bonds. The minimum Gasteiger partial charge on any atom is -0.321 e. The molecule has 104 valence electrons. The van der Waals surface area contributed by atoms with Crippen LogP contribution in [-0.4, -0.2) is 18.5 Å². The number of anilines is 1. The standard InChI is InChI=1S/C13H15ClF2N2O/c1-7-2-3-17-11(4-7)13(19)18-12-9(14)5-8(15)6-10(12)16/h5-7,11,17H,2-4H2,1H3,(H,18,19). The van der Waals surface area contributed by atoms with Gasteiger partial charge < -0.3 is 10.6 Å². The molecule has 2 rings (SSSR count). The van der Waals surface area contributed by atoms with Crippen molar-refractivity contribution in [3.8, 4) is 0 Å². The molecule has 19 heavy (non-hydrogen) atoms. The van der Waals surface area contributed by atoms with Crippen molar-refractivity contribution in [1.29, 1.82) is 0 Å². The third kappa shape index (κ3) is 3.42. The number of benzene rings is 1. The molecule has 0 bridgehead atoms. The van der Waals surface area contributed by atoms with Gasteiger partial charge in [0, 0.05) is 6.07 Å². The zero-order valence-electron chi connectivity index (χ0n) is 10.5. The van der Waals surface area contributed by atoms with Crippen molar-refractivity contribution in [1.82, 2.24) is 5.32 Å². The largest absolute Gasteiger partial charge is 0.321 e. The smallest absolute Gasteiger partial charge is 0.241 e. The highest BCUT2D eigenvalue weighted by Crippen LogP contribution is 2.27. The molecule has 1 aliphatic rings. The molecule has 2 atom stereocenters. The maximum atomic E-state index is 13.6.